The van der Waals surface area contributed by atoms with Gasteiger partial charge in [-0.1, -0.05) is 27.2 Å². The molecule has 1 atom stereocenters. The van der Waals surface area contributed by atoms with E-state index in [4.69, 9.17) is 14.2 Å². The normalized spacial score (nSPS) is 13.2. The van der Waals surface area contributed by atoms with Crippen LogP contribution in [-0.2, 0) is 4.79 Å². The van der Waals surface area contributed by atoms with E-state index >= 15 is 0 Å². The first-order valence-electron chi connectivity index (χ1n) is 10.8. The number of carbonyl (C=O) groups is 2. The van der Waals surface area contributed by atoms with Gasteiger partial charge in [-0.2, -0.15) is 5.10 Å². The molecule has 0 saturated heterocycles. The summed E-state index contributed by atoms with van der Waals surface area (Å²) in [6.45, 7) is 6.59. The molecule has 176 valence electrons. The summed E-state index contributed by atoms with van der Waals surface area (Å²) in [5.74, 6) is 0.919. The number of benzene rings is 2. The molecule has 0 aliphatic carbocycles. The first-order chi connectivity index (χ1) is 15.9. The summed E-state index contributed by atoms with van der Waals surface area (Å²) in [5, 5.41) is 6.81. The Hall–Kier alpha value is -3.07. The number of nitrogens with zero attached hydrogens (tertiary/aromatic N) is 1. The molecule has 1 aliphatic rings. The lowest BCUT2D eigenvalue weighted by molar-refractivity contribution is -0.123. The van der Waals surface area contributed by atoms with E-state index in [9.17, 15) is 9.59 Å². The lowest BCUT2D eigenvalue weighted by Crippen LogP contribution is -2.48. The molecule has 0 radical (unpaired) electrons. The summed E-state index contributed by atoms with van der Waals surface area (Å²) >= 11 is 3.49. The standard InChI is InChI=1S/C24H28BrN3O5/c1-4-5-10-31-19-8-6-16(11-18(19)25)13-26-28-24(30)22(15(2)3)27-23(29)17-7-9-20-21(12-17)33-14-32-20/h6-9,11-13,15,22H,4-5,10,14H2,1-3H3,(H,27,29)(H,28,30)/b26-13+. The van der Waals surface area contributed by atoms with Gasteiger partial charge in [0.25, 0.3) is 11.8 Å². The number of hydrogen-bond acceptors (Lipinski definition) is 6. The highest BCUT2D eigenvalue weighted by molar-refractivity contribution is 9.10. The van der Waals surface area contributed by atoms with Crippen LogP contribution < -0.4 is 25.0 Å². The van der Waals surface area contributed by atoms with Crippen molar-refractivity contribution in [2.45, 2.75) is 39.7 Å². The Morgan fingerprint density at radius 1 is 1.18 bits per heavy atom. The van der Waals surface area contributed by atoms with Crippen LogP contribution in [-0.4, -0.2) is 37.5 Å². The molecule has 1 unspecified atom stereocenters. The zero-order chi connectivity index (χ0) is 23.8. The molecule has 2 aromatic rings. The predicted molar refractivity (Wildman–Crippen MR) is 129 cm³/mol. The molecule has 0 fully saturated rings. The minimum atomic E-state index is -0.763. The number of carbonyl (C=O) groups excluding carboxylic acids is 2. The Labute approximate surface area is 201 Å². The van der Waals surface area contributed by atoms with E-state index in [1.54, 1.807) is 18.2 Å². The van der Waals surface area contributed by atoms with Gasteiger partial charge in [0, 0.05) is 5.56 Å². The number of rotatable bonds is 10. The Morgan fingerprint density at radius 2 is 1.97 bits per heavy atom. The first-order valence-corrected chi connectivity index (χ1v) is 11.6. The minimum Gasteiger partial charge on any atom is -0.492 e. The molecule has 0 spiro atoms. The van der Waals surface area contributed by atoms with Crippen molar-refractivity contribution in [2.75, 3.05) is 13.4 Å². The van der Waals surface area contributed by atoms with E-state index in [1.165, 1.54) is 6.21 Å². The third-order valence-electron chi connectivity index (χ3n) is 4.97. The molecule has 2 amide bonds. The second kappa shape index (κ2) is 11.7. The maximum Gasteiger partial charge on any atom is 0.262 e. The number of nitrogens with one attached hydrogen (secondary N) is 2. The number of hydrogen-bond donors (Lipinski definition) is 2. The average molecular weight is 518 g/mol. The monoisotopic (exact) mass is 517 g/mol. The summed E-state index contributed by atoms with van der Waals surface area (Å²) in [7, 11) is 0. The van der Waals surface area contributed by atoms with Crippen LogP contribution in [0.3, 0.4) is 0 Å². The van der Waals surface area contributed by atoms with Gasteiger partial charge in [0.2, 0.25) is 6.79 Å². The van der Waals surface area contributed by atoms with Crippen molar-refractivity contribution in [1.82, 2.24) is 10.7 Å². The molecule has 2 aromatic carbocycles. The van der Waals surface area contributed by atoms with Crippen molar-refractivity contribution in [3.05, 3.63) is 52.0 Å². The topological polar surface area (TPSA) is 98.2 Å². The molecule has 0 bridgehead atoms. The van der Waals surface area contributed by atoms with E-state index < -0.39 is 11.9 Å². The van der Waals surface area contributed by atoms with Gasteiger partial charge in [0.05, 0.1) is 17.3 Å². The molecule has 9 heteroatoms. The van der Waals surface area contributed by atoms with E-state index in [-0.39, 0.29) is 18.6 Å². The second-order valence-electron chi connectivity index (χ2n) is 7.89. The van der Waals surface area contributed by atoms with Gasteiger partial charge in [0.1, 0.15) is 11.8 Å². The van der Waals surface area contributed by atoms with E-state index in [1.807, 2.05) is 32.0 Å². The molecule has 33 heavy (non-hydrogen) atoms. The van der Waals surface area contributed by atoms with Gasteiger partial charge in [-0.3, -0.25) is 9.59 Å². The highest BCUT2D eigenvalue weighted by Gasteiger charge is 2.25. The van der Waals surface area contributed by atoms with Gasteiger partial charge in [-0.05, 0) is 70.2 Å². The van der Waals surface area contributed by atoms with E-state index in [2.05, 4.69) is 38.7 Å². The van der Waals surface area contributed by atoms with E-state index in [0.29, 0.717) is 23.7 Å². The number of unbranched alkanes of at least 4 members (excludes halogenated alkanes) is 1. The molecule has 3 rings (SSSR count). The third kappa shape index (κ3) is 6.71. The summed E-state index contributed by atoms with van der Waals surface area (Å²) in [5.41, 5.74) is 3.68. The number of halogens is 1. The second-order valence-corrected chi connectivity index (χ2v) is 8.74. The van der Waals surface area contributed by atoms with Crippen molar-refractivity contribution in [2.24, 2.45) is 11.0 Å². The van der Waals surface area contributed by atoms with Crippen molar-refractivity contribution in [1.29, 1.82) is 0 Å². The molecule has 2 N–H and O–H groups in total. The van der Waals surface area contributed by atoms with E-state index in [0.717, 1.165) is 28.6 Å². The fourth-order valence-electron chi connectivity index (χ4n) is 3.08. The van der Waals surface area contributed by atoms with Crippen LogP contribution in [0.25, 0.3) is 0 Å². The maximum atomic E-state index is 12.7. The summed E-state index contributed by atoms with van der Waals surface area (Å²) in [4.78, 5) is 25.4. The quantitative estimate of drug-likeness (QED) is 0.278. The smallest absolute Gasteiger partial charge is 0.262 e. The van der Waals surface area contributed by atoms with Gasteiger partial charge < -0.3 is 19.5 Å². The molecular formula is C24H28BrN3O5. The van der Waals surface area contributed by atoms with Gasteiger partial charge in [0.15, 0.2) is 11.5 Å². The fraction of sp³-hybridized carbons (Fsp3) is 0.375. The Bertz CT molecular complexity index is 1030. The maximum absolute atomic E-state index is 12.7. The third-order valence-corrected chi connectivity index (χ3v) is 5.59. The zero-order valence-electron chi connectivity index (χ0n) is 18.9. The number of hydrazone groups is 1. The minimum absolute atomic E-state index is 0.126. The van der Waals surface area contributed by atoms with Crippen LogP contribution in [0, 0.1) is 5.92 Å². The lowest BCUT2D eigenvalue weighted by atomic mass is 10.0. The summed E-state index contributed by atoms with van der Waals surface area (Å²) < 4.78 is 17.1. The molecule has 0 saturated carbocycles. The average Bonchev–Trinajstić information content (AvgIpc) is 3.26. The number of amides is 2. The van der Waals surface area contributed by atoms with Crippen molar-refractivity contribution >= 4 is 34.0 Å². The van der Waals surface area contributed by atoms with Crippen molar-refractivity contribution in [3.8, 4) is 17.2 Å². The molecule has 8 nitrogen and oxygen atoms in total. The van der Waals surface area contributed by atoms with Crippen LogP contribution in [0.5, 0.6) is 17.2 Å². The number of ether oxygens (including phenoxy) is 3. The number of fused-ring (bicyclic) bond motifs is 1. The van der Waals surface area contributed by atoms with Crippen LogP contribution in [0.1, 0.15) is 49.5 Å². The van der Waals surface area contributed by atoms with Crippen molar-refractivity contribution < 1.29 is 23.8 Å². The Balaban J connectivity index is 1.58. The van der Waals surface area contributed by atoms with Crippen LogP contribution in [0.4, 0.5) is 0 Å². The van der Waals surface area contributed by atoms with Gasteiger partial charge in [-0.15, -0.1) is 0 Å². The highest BCUT2D eigenvalue weighted by atomic mass is 79.9. The summed E-state index contributed by atoms with van der Waals surface area (Å²) in [6.07, 6.45) is 3.59. The molecule has 1 aliphatic heterocycles. The zero-order valence-corrected chi connectivity index (χ0v) is 20.5. The first kappa shape index (κ1) is 24.6. The Kier molecular flexibility index (Phi) is 8.71. The molecule has 1 heterocycles. The largest absolute Gasteiger partial charge is 0.492 e. The fourth-order valence-corrected chi connectivity index (χ4v) is 3.59. The molecular weight excluding hydrogens is 490 g/mol. The SMILES string of the molecule is CCCCOc1ccc(/C=N/NC(=O)C(NC(=O)c2ccc3c(c2)OCO3)C(C)C)cc1Br. The highest BCUT2D eigenvalue weighted by Crippen LogP contribution is 2.32. The predicted octanol–water partition coefficient (Wildman–Crippen LogP) is 4.26. The van der Waals surface area contributed by atoms with Gasteiger partial charge in [-0.25, -0.2) is 5.43 Å². The van der Waals surface area contributed by atoms with Crippen LogP contribution in [0.2, 0.25) is 0 Å². The Morgan fingerprint density at radius 3 is 2.70 bits per heavy atom. The lowest BCUT2D eigenvalue weighted by Gasteiger charge is -2.20. The summed E-state index contributed by atoms with van der Waals surface area (Å²) in [6, 6.07) is 9.69. The van der Waals surface area contributed by atoms with Crippen molar-refractivity contribution in [3.63, 3.8) is 0 Å². The molecule has 0 aromatic heterocycles. The van der Waals surface area contributed by atoms with Crippen LogP contribution in [0.15, 0.2) is 46.0 Å². The van der Waals surface area contributed by atoms with Crippen LogP contribution >= 0.6 is 15.9 Å². The van der Waals surface area contributed by atoms with Gasteiger partial charge >= 0.3 is 0 Å².